The fourth-order valence-corrected chi connectivity index (χ4v) is 7.29. The standard InChI is InChI=1S/C16H25NOSi.2ClH.Hf/c1-16(2,3)17-19(5,6)15-13-10-8-7-9-12(13)11-14(15)18-4;;;/h7-11,15,17H,1-6H3;2*1H;/p-2. The Balaban J connectivity index is 0. The molecular formula is C16H25Cl2HfNOSi-2. The Hall–Kier alpha value is 0.387. The topological polar surface area (TPSA) is 21.3 Å². The van der Waals surface area contributed by atoms with Crippen LogP contribution in [0.5, 0.6) is 0 Å². The molecule has 0 amide bonds. The van der Waals surface area contributed by atoms with Gasteiger partial charge in [0, 0.05) is 31.4 Å². The van der Waals surface area contributed by atoms with Crippen LogP contribution in [0.15, 0.2) is 30.0 Å². The monoisotopic (exact) mass is 525 g/mol. The van der Waals surface area contributed by atoms with Gasteiger partial charge in [-0.15, -0.1) is 0 Å². The van der Waals surface area contributed by atoms with E-state index in [1.807, 2.05) is 0 Å². The van der Waals surface area contributed by atoms with Gasteiger partial charge in [-0.2, -0.15) is 0 Å². The number of nitrogens with one attached hydrogen (secondary N) is 1. The second-order valence-electron chi connectivity index (χ2n) is 6.91. The molecule has 6 heteroatoms. The Bertz CT molecular complexity index is 515. The summed E-state index contributed by atoms with van der Waals surface area (Å²) in [6, 6.07) is 8.63. The first-order valence-corrected chi connectivity index (χ1v) is 9.96. The van der Waals surface area contributed by atoms with E-state index in [9.17, 15) is 0 Å². The number of halogens is 2. The maximum atomic E-state index is 5.66. The molecule has 0 saturated carbocycles. The normalized spacial score (nSPS) is 16.5. The van der Waals surface area contributed by atoms with E-state index in [2.05, 4.69) is 69.2 Å². The Morgan fingerprint density at radius 2 is 1.64 bits per heavy atom. The molecular weight excluding hydrogens is 500 g/mol. The summed E-state index contributed by atoms with van der Waals surface area (Å²) in [5.41, 5.74) is 3.24. The Morgan fingerprint density at radius 1 is 1.09 bits per heavy atom. The Labute approximate surface area is 167 Å². The smallest absolute Gasteiger partial charge is 0.135 e. The average Bonchev–Trinajstić information content (AvgIpc) is 2.64. The van der Waals surface area contributed by atoms with Crippen molar-refractivity contribution in [1.29, 1.82) is 0 Å². The Morgan fingerprint density at radius 3 is 2.14 bits per heavy atom. The molecule has 0 heterocycles. The zero-order valence-electron chi connectivity index (χ0n) is 14.1. The van der Waals surface area contributed by atoms with Crippen molar-refractivity contribution < 1.29 is 55.4 Å². The van der Waals surface area contributed by atoms with Crippen LogP contribution in [-0.4, -0.2) is 20.9 Å². The summed E-state index contributed by atoms with van der Waals surface area (Å²) >= 11 is 0. The molecule has 0 saturated heterocycles. The molecule has 1 unspecified atom stereocenters. The van der Waals surface area contributed by atoms with Gasteiger partial charge in [-0.3, -0.25) is 0 Å². The number of methoxy groups -OCH3 is 1. The number of rotatable bonds is 3. The third-order valence-corrected chi connectivity index (χ3v) is 6.98. The predicted octanol–water partition coefficient (Wildman–Crippen LogP) is -2.09. The first kappa shape index (κ1) is 24.6. The van der Waals surface area contributed by atoms with Crippen molar-refractivity contribution >= 4 is 14.3 Å². The average molecular weight is 525 g/mol. The summed E-state index contributed by atoms with van der Waals surface area (Å²) in [5, 5.41) is 0. The van der Waals surface area contributed by atoms with Gasteiger partial charge in [-0.1, -0.05) is 37.4 Å². The van der Waals surface area contributed by atoms with Crippen LogP contribution >= 0.6 is 0 Å². The van der Waals surface area contributed by atoms with Crippen molar-refractivity contribution in [3.63, 3.8) is 0 Å². The van der Waals surface area contributed by atoms with E-state index >= 15 is 0 Å². The Kier molecular flexibility index (Phi) is 10.1. The van der Waals surface area contributed by atoms with Crippen molar-refractivity contribution in [2.45, 2.75) is 44.9 Å². The van der Waals surface area contributed by atoms with Crippen LogP contribution in [0.4, 0.5) is 0 Å². The van der Waals surface area contributed by atoms with Crippen LogP contribution in [0, 0.1) is 0 Å². The van der Waals surface area contributed by atoms with E-state index in [1.165, 1.54) is 11.1 Å². The largest absolute Gasteiger partial charge is 1.00 e. The van der Waals surface area contributed by atoms with Crippen molar-refractivity contribution in [3.8, 4) is 0 Å². The molecule has 1 aliphatic rings. The third-order valence-electron chi connectivity index (χ3n) is 3.54. The zero-order valence-corrected chi connectivity index (χ0v) is 20.2. The van der Waals surface area contributed by atoms with Gasteiger partial charge < -0.3 is 34.5 Å². The third kappa shape index (κ3) is 5.48. The molecule has 2 nitrogen and oxygen atoms in total. The predicted molar refractivity (Wildman–Crippen MR) is 84.5 cm³/mol. The van der Waals surface area contributed by atoms with Gasteiger partial charge in [0.05, 0.1) is 12.7 Å². The molecule has 22 heavy (non-hydrogen) atoms. The number of hydrogen-bond donors (Lipinski definition) is 1. The first-order valence-electron chi connectivity index (χ1n) is 6.88. The van der Waals surface area contributed by atoms with E-state index in [-0.39, 0.29) is 56.2 Å². The minimum absolute atomic E-state index is 0. The van der Waals surface area contributed by atoms with Crippen molar-refractivity contribution in [1.82, 2.24) is 4.98 Å². The van der Waals surface area contributed by atoms with Crippen LogP contribution in [0.2, 0.25) is 13.1 Å². The fourth-order valence-electron chi connectivity index (χ4n) is 3.25. The van der Waals surface area contributed by atoms with E-state index in [1.54, 1.807) is 7.11 Å². The molecule has 1 aromatic rings. The molecule has 2 rings (SSSR count). The maximum absolute atomic E-state index is 5.66. The fraction of sp³-hybridized carbons (Fsp3) is 0.500. The van der Waals surface area contributed by atoms with Gasteiger partial charge in [0.25, 0.3) is 0 Å². The van der Waals surface area contributed by atoms with Crippen LogP contribution in [0.25, 0.3) is 6.08 Å². The molecule has 1 aliphatic carbocycles. The second kappa shape index (κ2) is 9.02. The molecule has 0 radical (unpaired) electrons. The van der Waals surface area contributed by atoms with Gasteiger partial charge in [-0.05, 0) is 38.0 Å². The summed E-state index contributed by atoms with van der Waals surface area (Å²) in [4.78, 5) is 3.86. The molecule has 0 spiro atoms. The zero-order chi connectivity index (χ0) is 14.3. The van der Waals surface area contributed by atoms with E-state index in [0.29, 0.717) is 5.54 Å². The van der Waals surface area contributed by atoms with Gasteiger partial charge in [0.2, 0.25) is 0 Å². The van der Waals surface area contributed by atoms with Gasteiger partial charge in [-0.25, -0.2) is 0 Å². The molecule has 1 aromatic carbocycles. The summed E-state index contributed by atoms with van der Waals surface area (Å²) in [5.74, 6) is 1.11. The number of ether oxygens (including phenoxy) is 1. The maximum Gasteiger partial charge on any atom is 0.135 e. The summed E-state index contributed by atoms with van der Waals surface area (Å²) in [6.07, 6.45) is 2.19. The summed E-state index contributed by atoms with van der Waals surface area (Å²) in [6.45, 7) is 11.5. The molecule has 1 atom stereocenters. The summed E-state index contributed by atoms with van der Waals surface area (Å²) < 4.78 is 5.66. The number of fused-ring (bicyclic) bond motifs is 1. The summed E-state index contributed by atoms with van der Waals surface area (Å²) in [7, 11) is 0.0998. The van der Waals surface area contributed by atoms with Crippen LogP contribution in [-0.2, 0) is 30.6 Å². The van der Waals surface area contributed by atoms with Crippen molar-refractivity contribution in [2.75, 3.05) is 7.11 Å². The van der Waals surface area contributed by atoms with E-state index in [4.69, 9.17) is 4.74 Å². The van der Waals surface area contributed by atoms with Gasteiger partial charge in [0.15, 0.2) is 0 Å². The molecule has 1 N–H and O–H groups in total. The first-order chi connectivity index (χ1) is 8.74. The van der Waals surface area contributed by atoms with E-state index in [0.717, 1.165) is 5.76 Å². The van der Waals surface area contributed by atoms with Crippen LogP contribution in [0.3, 0.4) is 0 Å². The SMILES string of the molecule is COC1=Cc2ccccc2C1[Si](C)(C)NC(C)(C)C.[Cl-].[Cl-].[Hf]. The van der Waals surface area contributed by atoms with Gasteiger partial charge in [0.1, 0.15) is 14.0 Å². The molecule has 124 valence electrons. The molecule has 0 aliphatic heterocycles. The van der Waals surface area contributed by atoms with Crippen molar-refractivity contribution in [3.05, 3.63) is 41.2 Å². The molecule has 0 bridgehead atoms. The molecule has 0 aromatic heterocycles. The van der Waals surface area contributed by atoms with Crippen LogP contribution < -0.4 is 29.8 Å². The number of allylic oxidation sites excluding steroid dienone is 1. The molecule has 0 fully saturated rings. The number of hydrogen-bond acceptors (Lipinski definition) is 2. The van der Waals surface area contributed by atoms with Crippen molar-refractivity contribution in [2.24, 2.45) is 0 Å². The number of benzene rings is 1. The minimum atomic E-state index is -1.68. The van der Waals surface area contributed by atoms with E-state index < -0.39 is 8.24 Å². The minimum Gasteiger partial charge on any atom is -1.00 e. The second-order valence-corrected chi connectivity index (χ2v) is 11.2. The van der Waals surface area contributed by atoms with Crippen LogP contribution in [0.1, 0.15) is 37.4 Å². The van der Waals surface area contributed by atoms with Gasteiger partial charge >= 0.3 is 0 Å². The quantitative estimate of drug-likeness (QED) is 0.458.